The zero-order chi connectivity index (χ0) is 31.3. The number of rotatable bonds is 5. The van der Waals surface area contributed by atoms with Crippen LogP contribution in [0.25, 0.3) is 0 Å². The number of anilines is 1. The Kier molecular flexibility index (Phi) is 9.44. The highest BCUT2D eigenvalue weighted by molar-refractivity contribution is 5.98. The predicted molar refractivity (Wildman–Crippen MR) is 168 cm³/mol. The Morgan fingerprint density at radius 3 is 2.36 bits per heavy atom. The van der Waals surface area contributed by atoms with Crippen LogP contribution in [0.5, 0.6) is 11.5 Å². The van der Waals surface area contributed by atoms with Crippen molar-refractivity contribution in [2.24, 2.45) is 5.84 Å². The first-order valence-corrected chi connectivity index (χ1v) is 15.9. The maximum absolute atomic E-state index is 14.7. The van der Waals surface area contributed by atoms with E-state index in [-0.39, 0.29) is 18.4 Å². The molecule has 3 aromatic rings. The fraction of sp³-hybridized carbons (Fsp3) is 0.400. The van der Waals surface area contributed by atoms with Gasteiger partial charge in [0.25, 0.3) is 11.8 Å². The summed E-state index contributed by atoms with van der Waals surface area (Å²) in [6, 6.07) is 22.2. The number of ether oxygens (including phenoxy) is 2. The van der Waals surface area contributed by atoms with E-state index < -0.39 is 30.4 Å². The first kappa shape index (κ1) is 30.8. The number of aliphatic hydroxyl groups excluding tert-OH is 1. The number of nitrogens with zero attached hydrogens (tertiary/aromatic N) is 3. The first-order valence-electron chi connectivity index (χ1n) is 15.9. The molecule has 2 aliphatic heterocycles. The molecule has 10 nitrogen and oxygen atoms in total. The molecular weight excluding hydrogens is 572 g/mol. The Morgan fingerprint density at radius 1 is 0.867 bits per heavy atom. The van der Waals surface area contributed by atoms with E-state index in [4.69, 9.17) is 15.3 Å². The van der Waals surface area contributed by atoms with Crippen LogP contribution in [0.4, 0.5) is 5.69 Å². The zero-order valence-corrected chi connectivity index (χ0v) is 25.3. The number of amides is 2. The molecule has 10 heteroatoms. The monoisotopic (exact) mass is 612 g/mol. The number of fused-ring (bicyclic) bond motifs is 2. The van der Waals surface area contributed by atoms with Crippen molar-refractivity contribution >= 4 is 23.5 Å². The number of carbonyl (C=O) groups is 3. The SMILES string of the molecule is NN1C(=O)C(O)N2CCCC2OC(=O)C(N(C(=O)c2cccc(Oc3ccccc3)c2)C2CCCCCC2)Cc2ccccc21. The number of aliphatic hydroxyl groups is 1. The van der Waals surface area contributed by atoms with E-state index >= 15 is 0 Å². The summed E-state index contributed by atoms with van der Waals surface area (Å²) in [4.78, 5) is 45.4. The summed E-state index contributed by atoms with van der Waals surface area (Å²) in [5.41, 5.74) is 1.36. The molecule has 3 atom stereocenters. The van der Waals surface area contributed by atoms with Crippen LogP contribution in [0.15, 0.2) is 78.9 Å². The minimum atomic E-state index is -1.58. The molecule has 0 radical (unpaired) electrons. The molecule has 3 N–H and O–H groups in total. The largest absolute Gasteiger partial charge is 0.457 e. The third-order valence-corrected chi connectivity index (χ3v) is 9.05. The number of hydrogen-bond donors (Lipinski definition) is 2. The van der Waals surface area contributed by atoms with E-state index in [1.807, 2.05) is 30.3 Å². The van der Waals surface area contributed by atoms with E-state index in [1.165, 1.54) is 4.90 Å². The van der Waals surface area contributed by atoms with Crippen LogP contribution in [0.2, 0.25) is 0 Å². The first-order chi connectivity index (χ1) is 21.9. The van der Waals surface area contributed by atoms with Crippen LogP contribution in [0.3, 0.4) is 0 Å². The molecule has 236 valence electrons. The van der Waals surface area contributed by atoms with Crippen LogP contribution in [-0.4, -0.2) is 63.8 Å². The number of hydrogen-bond acceptors (Lipinski definition) is 8. The van der Waals surface area contributed by atoms with Gasteiger partial charge < -0.3 is 19.5 Å². The van der Waals surface area contributed by atoms with Crippen molar-refractivity contribution in [2.75, 3.05) is 11.6 Å². The second-order valence-corrected chi connectivity index (χ2v) is 12.0. The second-order valence-electron chi connectivity index (χ2n) is 12.0. The molecular formula is C35H40N4O6. The van der Waals surface area contributed by atoms with Gasteiger partial charge in [-0.15, -0.1) is 0 Å². The van der Waals surface area contributed by atoms with Gasteiger partial charge in [0.1, 0.15) is 17.5 Å². The Morgan fingerprint density at radius 2 is 1.58 bits per heavy atom. The van der Waals surface area contributed by atoms with Gasteiger partial charge >= 0.3 is 5.97 Å². The van der Waals surface area contributed by atoms with Gasteiger partial charge in [-0.25, -0.2) is 20.5 Å². The van der Waals surface area contributed by atoms with E-state index in [9.17, 15) is 19.5 Å². The average Bonchev–Trinajstić information content (AvgIpc) is 3.35. The summed E-state index contributed by atoms with van der Waals surface area (Å²) in [5, 5.41) is 12.0. The van der Waals surface area contributed by atoms with Gasteiger partial charge in [-0.2, -0.15) is 0 Å². The number of para-hydroxylation sites is 2. The average molecular weight is 613 g/mol. The third-order valence-electron chi connectivity index (χ3n) is 9.05. The van der Waals surface area contributed by atoms with E-state index in [2.05, 4.69) is 0 Å². The lowest BCUT2D eigenvalue weighted by Crippen LogP contribution is -2.55. The molecule has 3 aliphatic rings. The fourth-order valence-corrected chi connectivity index (χ4v) is 6.75. The molecule has 3 unspecified atom stereocenters. The Labute approximate surface area is 263 Å². The van der Waals surface area contributed by atoms with Gasteiger partial charge in [0.2, 0.25) is 0 Å². The maximum Gasteiger partial charge on any atom is 0.330 e. The summed E-state index contributed by atoms with van der Waals surface area (Å²) in [5.74, 6) is 5.92. The number of esters is 1. The minimum absolute atomic E-state index is 0.0846. The molecule has 0 bridgehead atoms. The van der Waals surface area contributed by atoms with Gasteiger partial charge in [-0.3, -0.25) is 9.59 Å². The van der Waals surface area contributed by atoms with Crippen molar-refractivity contribution < 1.29 is 29.0 Å². The Bertz CT molecular complexity index is 1510. The van der Waals surface area contributed by atoms with Crippen molar-refractivity contribution in [3.05, 3.63) is 90.0 Å². The zero-order valence-electron chi connectivity index (χ0n) is 25.3. The normalized spacial score (nSPS) is 23.2. The predicted octanol–water partition coefficient (Wildman–Crippen LogP) is 4.76. The summed E-state index contributed by atoms with van der Waals surface area (Å²) in [7, 11) is 0. The minimum Gasteiger partial charge on any atom is -0.457 e. The molecule has 1 saturated heterocycles. The Balaban J connectivity index is 1.42. The number of carbonyl (C=O) groups excluding carboxylic acids is 3. The lowest BCUT2D eigenvalue weighted by atomic mass is 9.97. The quantitative estimate of drug-likeness (QED) is 0.183. The van der Waals surface area contributed by atoms with Crippen molar-refractivity contribution in [2.45, 2.75) is 82.3 Å². The maximum atomic E-state index is 14.7. The third kappa shape index (κ3) is 6.73. The van der Waals surface area contributed by atoms with Crippen LogP contribution in [-0.2, 0) is 20.7 Å². The molecule has 45 heavy (non-hydrogen) atoms. The van der Waals surface area contributed by atoms with Crippen LogP contribution in [0, 0.1) is 0 Å². The molecule has 3 aromatic carbocycles. The van der Waals surface area contributed by atoms with E-state index in [0.717, 1.165) is 43.5 Å². The van der Waals surface area contributed by atoms with Gasteiger partial charge in [0, 0.05) is 24.6 Å². The van der Waals surface area contributed by atoms with Crippen molar-refractivity contribution in [1.82, 2.24) is 9.80 Å². The summed E-state index contributed by atoms with van der Waals surface area (Å²) in [6.45, 7) is 0.366. The molecule has 6 rings (SSSR count). The molecule has 1 aliphatic carbocycles. The molecule has 2 fully saturated rings. The van der Waals surface area contributed by atoms with Gasteiger partial charge in [-0.1, -0.05) is 68.1 Å². The van der Waals surface area contributed by atoms with Crippen molar-refractivity contribution in [3.8, 4) is 11.5 Å². The molecule has 0 spiro atoms. The lowest BCUT2D eigenvalue weighted by molar-refractivity contribution is -0.174. The molecule has 2 heterocycles. The standard InChI is InChI=1S/C35H40N4O6/c36-39-29-19-9-8-12-24(29)23-30(35(43)45-31-20-11-21-37(31)33(41)34(39)42)38(26-14-4-1-2-5-15-26)32(40)25-13-10-18-28(22-25)44-27-16-6-3-7-17-27/h3,6-10,12-13,16-19,22,26,30-31,33,41H,1-2,4-5,11,14-15,20-21,23,36H2. The smallest absolute Gasteiger partial charge is 0.330 e. The highest BCUT2D eigenvalue weighted by atomic mass is 16.6. The van der Waals surface area contributed by atoms with Gasteiger partial charge in [-0.05, 0) is 67.6 Å². The van der Waals surface area contributed by atoms with Crippen molar-refractivity contribution in [3.63, 3.8) is 0 Å². The molecule has 1 saturated carbocycles. The lowest BCUT2D eigenvalue weighted by Gasteiger charge is -2.38. The summed E-state index contributed by atoms with van der Waals surface area (Å²) >= 11 is 0. The Hall–Kier alpha value is -4.25. The molecule has 2 amide bonds. The van der Waals surface area contributed by atoms with Crippen LogP contribution in [0.1, 0.15) is 67.3 Å². The van der Waals surface area contributed by atoms with Gasteiger partial charge in [0.05, 0.1) is 5.69 Å². The topological polar surface area (TPSA) is 126 Å². The fourth-order valence-electron chi connectivity index (χ4n) is 6.75. The highest BCUT2D eigenvalue weighted by Crippen LogP contribution is 2.32. The molecule has 0 aromatic heterocycles. The van der Waals surface area contributed by atoms with E-state index in [1.54, 1.807) is 53.4 Å². The van der Waals surface area contributed by atoms with Crippen LogP contribution < -0.4 is 15.6 Å². The number of hydrazine groups is 1. The van der Waals surface area contributed by atoms with Gasteiger partial charge in [0.15, 0.2) is 12.5 Å². The summed E-state index contributed by atoms with van der Waals surface area (Å²) in [6.07, 6.45) is 4.31. The summed E-state index contributed by atoms with van der Waals surface area (Å²) < 4.78 is 12.1. The highest BCUT2D eigenvalue weighted by Gasteiger charge is 2.43. The second kappa shape index (κ2) is 13.8. The number of nitrogens with two attached hydrogens (primary N) is 1. The van der Waals surface area contributed by atoms with E-state index in [0.29, 0.717) is 47.7 Å². The number of benzene rings is 3. The van der Waals surface area contributed by atoms with Crippen LogP contribution >= 0.6 is 0 Å². The van der Waals surface area contributed by atoms with Crippen molar-refractivity contribution in [1.29, 1.82) is 0 Å².